The number of hydrogen-bond acceptors (Lipinski definition) is 8. The molecule has 177 valence electrons. The van der Waals surface area contributed by atoms with Crippen molar-refractivity contribution in [3.05, 3.63) is 66.3 Å². The van der Waals surface area contributed by atoms with Gasteiger partial charge in [0.05, 0.1) is 19.0 Å². The largest absolute Gasteiger partial charge is 0.508 e. The first kappa shape index (κ1) is 23.5. The minimum atomic E-state index is -4.73. The highest BCUT2D eigenvalue weighted by molar-refractivity contribution is 8.04. The summed E-state index contributed by atoms with van der Waals surface area (Å²) in [5, 5.41) is 8.07. The normalized spacial score (nSPS) is 22.5. The van der Waals surface area contributed by atoms with Crippen LogP contribution in [0.15, 0.2) is 48.7 Å². The van der Waals surface area contributed by atoms with E-state index in [2.05, 4.69) is 4.98 Å². The number of primary amides is 1. The number of ketones is 1. The van der Waals surface area contributed by atoms with E-state index in [1.54, 1.807) is 12.1 Å². The van der Waals surface area contributed by atoms with Gasteiger partial charge in [-0.3, -0.25) is 24.2 Å². The summed E-state index contributed by atoms with van der Waals surface area (Å²) in [4.78, 5) is 56.2. The summed E-state index contributed by atoms with van der Waals surface area (Å²) in [6, 6.07) is 8.98. The second-order valence-electron chi connectivity index (χ2n) is 7.98. The zero-order valence-corrected chi connectivity index (χ0v) is 18.6. The molecule has 12 heteroatoms. The van der Waals surface area contributed by atoms with Crippen molar-refractivity contribution >= 4 is 32.7 Å². The van der Waals surface area contributed by atoms with Crippen LogP contribution in [0, 0.1) is 6.42 Å². The van der Waals surface area contributed by atoms with E-state index in [0.29, 0.717) is 9.87 Å². The smallest absolute Gasteiger partial charge is 0.310 e. The first-order valence-corrected chi connectivity index (χ1v) is 11.8. The number of pyridine rings is 1. The Bertz CT molecular complexity index is 1260. The van der Waals surface area contributed by atoms with Crippen molar-refractivity contribution in [1.82, 2.24) is 14.2 Å². The fraction of sp³-hybridized carbons (Fsp3) is 0.273. The second-order valence-corrected chi connectivity index (χ2v) is 9.77. The lowest BCUT2D eigenvalue weighted by molar-refractivity contribution is -0.147. The molecule has 2 aromatic rings. The molecule has 11 nitrogen and oxygen atoms in total. The van der Waals surface area contributed by atoms with Crippen LogP contribution in [0.5, 0.6) is 5.75 Å². The van der Waals surface area contributed by atoms with Gasteiger partial charge in [-0.2, -0.15) is 4.31 Å². The van der Waals surface area contributed by atoms with Crippen LogP contribution in [-0.4, -0.2) is 75.1 Å². The molecule has 3 N–H and O–H groups in total. The number of carbonyl (C=O) groups excluding carboxylic acids is 4. The molecule has 4 rings (SSSR count). The van der Waals surface area contributed by atoms with Gasteiger partial charge in [0.15, 0.2) is 11.3 Å². The molecule has 0 bridgehead atoms. The van der Waals surface area contributed by atoms with E-state index in [1.807, 2.05) is 0 Å². The Labute approximate surface area is 195 Å². The molecule has 0 spiro atoms. The maximum absolute atomic E-state index is 13.1. The number of fused-ring (bicyclic) bond motifs is 1. The number of amides is 2. The van der Waals surface area contributed by atoms with Crippen LogP contribution >= 0.6 is 0 Å². The minimum absolute atomic E-state index is 0.0534. The van der Waals surface area contributed by atoms with Crippen molar-refractivity contribution in [3.8, 4) is 5.75 Å². The summed E-state index contributed by atoms with van der Waals surface area (Å²) in [6.07, 6.45) is 2.60. The quantitative estimate of drug-likeness (QED) is 0.512. The number of phenols is 1. The Hall–Kier alpha value is -3.64. The number of aromatic hydroxyl groups is 1. The molecule has 1 radical (unpaired) electrons. The number of hydrogen-bond donors (Lipinski definition) is 2. The lowest BCUT2D eigenvalue weighted by Gasteiger charge is -2.34. The Kier molecular flexibility index (Phi) is 5.96. The fourth-order valence-corrected chi connectivity index (χ4v) is 6.00. The molecule has 1 aromatic carbocycles. The van der Waals surface area contributed by atoms with Crippen molar-refractivity contribution in [1.29, 1.82) is 0 Å². The number of phenolic OH excluding ortho intramolecular Hbond substituents is 1. The van der Waals surface area contributed by atoms with Gasteiger partial charge in [-0.05, 0) is 42.7 Å². The SMILES string of the molecule is NC(=O)C12C(=O)CN(S(=O)(=O)C(=O)c3ccccn3)C1CCN2C(=O)[CH]Cc1ccc(O)cc1. The zero-order chi connectivity index (χ0) is 24.7. The number of carbonyl (C=O) groups is 4. The van der Waals surface area contributed by atoms with Crippen molar-refractivity contribution in [2.75, 3.05) is 13.1 Å². The molecule has 2 atom stereocenters. The molecule has 2 saturated heterocycles. The minimum Gasteiger partial charge on any atom is -0.508 e. The summed E-state index contributed by atoms with van der Waals surface area (Å²) in [7, 11) is -4.73. The highest BCUT2D eigenvalue weighted by Gasteiger charge is 2.68. The van der Waals surface area contributed by atoms with Gasteiger partial charge in [0.1, 0.15) is 11.4 Å². The molecule has 0 aliphatic carbocycles. The first-order valence-electron chi connectivity index (χ1n) is 10.3. The molecule has 1 aromatic heterocycles. The standard InChI is InChI=1S/C22H21N4O7S/c23-21(31)22-17(10-12-25(22)19(29)9-6-14-4-7-15(27)8-5-14)26(13-18(22)28)34(32,33)20(30)16-3-1-2-11-24-16/h1-5,7-9,11,17,27H,6,10,12-13H2,(H2,23,31). The van der Waals surface area contributed by atoms with Gasteiger partial charge in [0, 0.05) is 12.7 Å². The number of rotatable bonds is 6. The average Bonchev–Trinajstić information content (AvgIpc) is 3.36. The molecule has 0 saturated carbocycles. The third kappa shape index (κ3) is 3.64. The molecule has 34 heavy (non-hydrogen) atoms. The second kappa shape index (κ2) is 8.61. The van der Waals surface area contributed by atoms with Crippen molar-refractivity contribution in [3.63, 3.8) is 0 Å². The van der Waals surface area contributed by atoms with Gasteiger partial charge in [-0.1, -0.05) is 18.2 Å². The maximum atomic E-state index is 13.1. The molecular formula is C22H21N4O7S. The number of Topliss-reactive ketones (excluding diaryl/α,β-unsaturated/α-hetero) is 1. The van der Waals surface area contributed by atoms with Crippen molar-refractivity contribution in [2.45, 2.75) is 24.4 Å². The molecule has 2 unspecified atom stereocenters. The Balaban J connectivity index is 1.61. The van der Waals surface area contributed by atoms with E-state index >= 15 is 0 Å². The molecule has 2 aliphatic heterocycles. The average molecular weight is 485 g/mol. The molecule has 2 aliphatic rings. The van der Waals surface area contributed by atoms with Crippen molar-refractivity contribution < 1.29 is 32.7 Å². The topological polar surface area (TPSA) is 168 Å². The van der Waals surface area contributed by atoms with Crippen molar-refractivity contribution in [2.24, 2.45) is 5.73 Å². The van der Waals surface area contributed by atoms with Crippen LogP contribution in [0.2, 0.25) is 0 Å². The Morgan fingerprint density at radius 2 is 1.88 bits per heavy atom. The number of likely N-dealkylation sites (tertiary alicyclic amines) is 1. The predicted octanol–water partition coefficient (Wildman–Crippen LogP) is -0.586. The molecule has 2 amide bonds. The number of aromatic nitrogens is 1. The van der Waals surface area contributed by atoms with E-state index in [0.717, 1.165) is 4.90 Å². The highest BCUT2D eigenvalue weighted by atomic mass is 32.2. The summed E-state index contributed by atoms with van der Waals surface area (Å²) in [5.41, 5.74) is 3.75. The lowest BCUT2D eigenvalue weighted by atomic mass is 9.89. The van der Waals surface area contributed by atoms with Gasteiger partial charge in [0.2, 0.25) is 5.91 Å². The van der Waals surface area contributed by atoms with Crippen LogP contribution in [-0.2, 0) is 30.8 Å². The molecular weight excluding hydrogens is 464 g/mol. The van der Waals surface area contributed by atoms with Crippen LogP contribution in [0.3, 0.4) is 0 Å². The van der Waals surface area contributed by atoms with E-state index in [-0.39, 0.29) is 30.8 Å². The summed E-state index contributed by atoms with van der Waals surface area (Å²) in [6.45, 7) is -0.871. The Morgan fingerprint density at radius 1 is 1.18 bits per heavy atom. The maximum Gasteiger partial charge on any atom is 0.310 e. The molecule has 2 fully saturated rings. The third-order valence-electron chi connectivity index (χ3n) is 6.11. The van der Waals surface area contributed by atoms with E-state index in [4.69, 9.17) is 5.73 Å². The highest BCUT2D eigenvalue weighted by Crippen LogP contribution is 2.41. The lowest BCUT2D eigenvalue weighted by Crippen LogP contribution is -2.64. The summed E-state index contributed by atoms with van der Waals surface area (Å²) in [5.74, 6) is -2.64. The third-order valence-corrected chi connectivity index (χ3v) is 7.79. The monoisotopic (exact) mass is 485 g/mol. The van der Waals surface area contributed by atoms with E-state index in [1.165, 1.54) is 42.9 Å². The number of sulfonamides is 1. The van der Waals surface area contributed by atoms with Crippen LogP contribution in [0.25, 0.3) is 0 Å². The van der Waals surface area contributed by atoms with E-state index in [9.17, 15) is 32.7 Å². The first-order chi connectivity index (χ1) is 16.1. The number of benzene rings is 1. The van der Waals surface area contributed by atoms with Gasteiger partial charge in [-0.25, -0.2) is 8.42 Å². The Morgan fingerprint density at radius 3 is 2.50 bits per heavy atom. The van der Waals surface area contributed by atoms with Crippen LogP contribution in [0.1, 0.15) is 22.5 Å². The predicted molar refractivity (Wildman–Crippen MR) is 117 cm³/mol. The molecule has 3 heterocycles. The number of nitrogens with zero attached hydrogens (tertiary/aromatic N) is 3. The summed E-state index contributed by atoms with van der Waals surface area (Å²) < 4.78 is 26.9. The van der Waals surface area contributed by atoms with E-state index < -0.39 is 50.9 Å². The number of nitrogens with two attached hydrogens (primary N) is 1. The van der Waals surface area contributed by atoms with Gasteiger partial charge in [0.25, 0.3) is 15.9 Å². The van der Waals surface area contributed by atoms with Gasteiger partial charge in [-0.15, -0.1) is 0 Å². The van der Waals surface area contributed by atoms with Crippen LogP contribution < -0.4 is 5.73 Å². The fourth-order valence-electron chi connectivity index (χ4n) is 4.52. The van der Waals surface area contributed by atoms with Crippen LogP contribution in [0.4, 0.5) is 0 Å². The van der Waals surface area contributed by atoms with Gasteiger partial charge < -0.3 is 15.7 Å². The summed E-state index contributed by atoms with van der Waals surface area (Å²) >= 11 is 0. The van der Waals surface area contributed by atoms with Gasteiger partial charge >= 0.3 is 5.12 Å². The zero-order valence-electron chi connectivity index (χ0n) is 17.8.